The van der Waals surface area contributed by atoms with E-state index in [1.165, 1.54) is 0 Å². The predicted molar refractivity (Wildman–Crippen MR) is 154 cm³/mol. The lowest BCUT2D eigenvalue weighted by atomic mass is 9.66. The van der Waals surface area contributed by atoms with E-state index in [4.69, 9.17) is 22.1 Å². The summed E-state index contributed by atoms with van der Waals surface area (Å²) in [6, 6.07) is 14.4. The van der Waals surface area contributed by atoms with Crippen molar-refractivity contribution >= 4 is 52.0 Å². The Kier molecular flexibility index (Phi) is 9.32. The number of halogens is 2. The van der Waals surface area contributed by atoms with Crippen LogP contribution in [0.3, 0.4) is 0 Å². The van der Waals surface area contributed by atoms with Crippen LogP contribution < -0.4 is 5.73 Å². The second-order valence-electron chi connectivity index (χ2n) is 11.1. The Bertz CT molecular complexity index is 1150. The minimum absolute atomic E-state index is 0.108. The highest BCUT2D eigenvalue weighted by molar-refractivity contribution is 14.1. The number of nitrogens with zero attached hydrogens (tertiary/aromatic N) is 1. The highest BCUT2D eigenvalue weighted by Crippen LogP contribution is 2.52. The fourth-order valence-electron chi connectivity index (χ4n) is 5.29. The number of carbonyl (C=O) groups is 3. The molecule has 4 atom stereocenters. The van der Waals surface area contributed by atoms with Crippen LogP contribution in [0.4, 0.5) is 0 Å². The summed E-state index contributed by atoms with van der Waals surface area (Å²) < 4.78 is 6.61. The second kappa shape index (κ2) is 11.7. The predicted octanol–water partition coefficient (Wildman–Crippen LogP) is 6.33. The van der Waals surface area contributed by atoms with Crippen molar-refractivity contribution in [2.45, 2.75) is 81.9 Å². The normalized spacial score (nSPS) is 23.0. The quantitative estimate of drug-likeness (QED) is 0.208. The van der Waals surface area contributed by atoms with E-state index in [0.717, 1.165) is 21.1 Å². The summed E-state index contributed by atoms with van der Waals surface area (Å²) in [7, 11) is 0. The number of carbonyl (C=O) groups excluding carboxylic acids is 3. The van der Waals surface area contributed by atoms with Gasteiger partial charge in [0.05, 0.1) is 11.5 Å². The van der Waals surface area contributed by atoms with E-state index < -0.39 is 35.0 Å². The molecule has 1 aliphatic rings. The number of esters is 1. The number of likely N-dealkylation sites (tertiary alicyclic amines) is 1. The fourth-order valence-corrected chi connectivity index (χ4v) is 5.89. The van der Waals surface area contributed by atoms with Crippen molar-refractivity contribution in [1.82, 2.24) is 4.90 Å². The smallest absolute Gasteiger partial charge is 0.329 e. The second-order valence-corrected chi connectivity index (χ2v) is 12.3. The zero-order valence-electron chi connectivity index (χ0n) is 22.1. The van der Waals surface area contributed by atoms with Gasteiger partial charge >= 0.3 is 5.97 Å². The SMILES string of the molecule is CCC(C(=O)OC(C)(C)C)N1C(=O)[C@@](C)(CC(N)=O)CC(c2cccc(CI)c2)C1c1ccc(Cl)cc1. The number of ether oxygens (including phenoxy) is 1. The molecule has 2 amide bonds. The Morgan fingerprint density at radius 2 is 1.84 bits per heavy atom. The van der Waals surface area contributed by atoms with Crippen LogP contribution in [-0.2, 0) is 23.5 Å². The maximum atomic E-state index is 14.3. The molecule has 2 aromatic rings. The highest BCUT2D eigenvalue weighted by Gasteiger charge is 2.53. The molecule has 200 valence electrons. The first-order valence-electron chi connectivity index (χ1n) is 12.5. The molecule has 2 aromatic carbocycles. The highest BCUT2D eigenvalue weighted by atomic mass is 127. The van der Waals surface area contributed by atoms with Crippen molar-refractivity contribution in [3.63, 3.8) is 0 Å². The van der Waals surface area contributed by atoms with E-state index >= 15 is 0 Å². The molecular formula is C29H36ClIN2O4. The maximum absolute atomic E-state index is 14.3. The molecule has 1 fully saturated rings. The standard InChI is InChI=1S/C29H36ClIN2O4/c1-6-23(26(35)37-28(2,3)4)33-25(19-10-12-21(30)13-11-19)22(20-9-7-8-18(14-20)17-31)15-29(5,27(33)36)16-24(32)34/h7-14,22-23,25H,6,15-17H2,1-5H3,(H2,32,34)/t22?,23?,25?,29-/m1/s1. The number of benzene rings is 2. The van der Waals surface area contributed by atoms with Gasteiger partial charge in [-0.2, -0.15) is 0 Å². The first-order valence-corrected chi connectivity index (χ1v) is 14.4. The third-order valence-electron chi connectivity index (χ3n) is 6.81. The van der Waals surface area contributed by atoms with Crippen LogP contribution in [0.15, 0.2) is 48.5 Å². The Hall–Kier alpha value is -2.13. The molecule has 3 unspecified atom stereocenters. The van der Waals surface area contributed by atoms with Gasteiger partial charge in [0.2, 0.25) is 11.8 Å². The van der Waals surface area contributed by atoms with Gasteiger partial charge in [0.15, 0.2) is 0 Å². The van der Waals surface area contributed by atoms with E-state index in [2.05, 4.69) is 40.8 Å². The van der Waals surface area contributed by atoms with Crippen molar-refractivity contribution in [2.75, 3.05) is 0 Å². The molecule has 0 bridgehead atoms. The molecule has 0 radical (unpaired) electrons. The average molecular weight is 639 g/mol. The minimum Gasteiger partial charge on any atom is -0.458 e. The number of primary amides is 1. The number of nitrogens with two attached hydrogens (primary N) is 1. The monoisotopic (exact) mass is 638 g/mol. The summed E-state index contributed by atoms with van der Waals surface area (Å²) >= 11 is 8.54. The lowest BCUT2D eigenvalue weighted by Gasteiger charge is -2.51. The zero-order chi connectivity index (χ0) is 27.5. The fraction of sp³-hybridized carbons (Fsp3) is 0.483. The van der Waals surface area contributed by atoms with Gasteiger partial charge in [-0.1, -0.05) is 84.4 Å². The average Bonchev–Trinajstić information content (AvgIpc) is 2.81. The lowest BCUT2D eigenvalue weighted by Crippen LogP contribution is -2.58. The summed E-state index contributed by atoms with van der Waals surface area (Å²) in [5, 5.41) is 0.582. The van der Waals surface area contributed by atoms with Crippen LogP contribution in [0, 0.1) is 5.41 Å². The van der Waals surface area contributed by atoms with Crippen molar-refractivity contribution in [1.29, 1.82) is 0 Å². The van der Waals surface area contributed by atoms with Crippen LogP contribution >= 0.6 is 34.2 Å². The van der Waals surface area contributed by atoms with Gasteiger partial charge in [0, 0.05) is 21.8 Å². The summed E-state index contributed by atoms with van der Waals surface area (Å²) in [4.78, 5) is 41.6. The third-order valence-corrected chi connectivity index (χ3v) is 7.95. The van der Waals surface area contributed by atoms with Crippen LogP contribution in [0.5, 0.6) is 0 Å². The van der Waals surface area contributed by atoms with Crippen molar-refractivity contribution in [3.05, 3.63) is 70.2 Å². The van der Waals surface area contributed by atoms with Gasteiger partial charge in [-0.3, -0.25) is 9.59 Å². The van der Waals surface area contributed by atoms with Gasteiger partial charge in [0.25, 0.3) is 0 Å². The summed E-state index contributed by atoms with van der Waals surface area (Å²) in [6.45, 7) is 9.07. The number of hydrogen-bond acceptors (Lipinski definition) is 4. The van der Waals surface area contributed by atoms with Crippen molar-refractivity contribution < 1.29 is 19.1 Å². The van der Waals surface area contributed by atoms with Gasteiger partial charge in [-0.25, -0.2) is 4.79 Å². The molecule has 1 heterocycles. The van der Waals surface area contributed by atoms with Crippen molar-refractivity contribution in [3.8, 4) is 0 Å². The van der Waals surface area contributed by atoms with Gasteiger partial charge in [-0.15, -0.1) is 0 Å². The molecule has 37 heavy (non-hydrogen) atoms. The number of piperidine rings is 1. The first kappa shape index (κ1) is 29.4. The molecule has 0 aliphatic carbocycles. The van der Waals surface area contributed by atoms with Crippen molar-refractivity contribution in [2.24, 2.45) is 11.1 Å². The van der Waals surface area contributed by atoms with Gasteiger partial charge in [0.1, 0.15) is 11.6 Å². The van der Waals surface area contributed by atoms with E-state index in [9.17, 15) is 14.4 Å². The largest absolute Gasteiger partial charge is 0.458 e. The molecular weight excluding hydrogens is 603 g/mol. The Labute approximate surface area is 238 Å². The van der Waals surface area contributed by atoms with Gasteiger partial charge < -0.3 is 15.4 Å². The summed E-state index contributed by atoms with van der Waals surface area (Å²) in [6.07, 6.45) is 0.662. The van der Waals surface area contributed by atoms with Crippen LogP contribution in [0.25, 0.3) is 0 Å². The maximum Gasteiger partial charge on any atom is 0.329 e. The molecule has 0 saturated carbocycles. The number of amides is 2. The molecule has 0 aromatic heterocycles. The zero-order valence-corrected chi connectivity index (χ0v) is 25.0. The number of alkyl halides is 1. The topological polar surface area (TPSA) is 89.7 Å². The van der Waals surface area contributed by atoms with E-state index in [1.807, 2.05) is 45.9 Å². The van der Waals surface area contributed by atoms with Gasteiger partial charge in [-0.05, 0) is 62.4 Å². The first-order chi connectivity index (χ1) is 17.3. The van der Waals surface area contributed by atoms with E-state index in [1.54, 1.807) is 24.0 Å². The molecule has 3 rings (SSSR count). The summed E-state index contributed by atoms with van der Waals surface area (Å²) in [5.41, 5.74) is 6.92. The number of rotatable bonds is 8. The Morgan fingerprint density at radius 3 is 2.38 bits per heavy atom. The van der Waals surface area contributed by atoms with Crippen LogP contribution in [0.1, 0.15) is 82.5 Å². The minimum atomic E-state index is -1.07. The molecule has 6 nitrogen and oxygen atoms in total. The van der Waals surface area contributed by atoms with E-state index in [0.29, 0.717) is 17.9 Å². The molecule has 8 heteroatoms. The lowest BCUT2D eigenvalue weighted by molar-refractivity contribution is -0.174. The van der Waals surface area contributed by atoms with Crippen LogP contribution in [-0.4, -0.2) is 34.3 Å². The van der Waals surface area contributed by atoms with E-state index in [-0.39, 0.29) is 18.2 Å². The Balaban J connectivity index is 2.26. The molecule has 0 spiro atoms. The third kappa shape index (κ3) is 6.85. The summed E-state index contributed by atoms with van der Waals surface area (Å²) in [5.74, 6) is -1.48. The number of hydrogen-bond donors (Lipinski definition) is 1. The Morgan fingerprint density at radius 1 is 1.19 bits per heavy atom. The molecule has 2 N–H and O–H groups in total. The molecule has 1 saturated heterocycles. The molecule has 1 aliphatic heterocycles. The van der Waals surface area contributed by atoms with Crippen LogP contribution in [0.2, 0.25) is 5.02 Å².